The van der Waals surface area contributed by atoms with Crippen LogP contribution in [-0.4, -0.2) is 162 Å². The highest BCUT2D eigenvalue weighted by molar-refractivity contribution is 9.09. The zero-order valence-electron chi connectivity index (χ0n) is 17.7. The van der Waals surface area contributed by atoms with Gasteiger partial charge in [0.05, 0.1) is 19.3 Å². The van der Waals surface area contributed by atoms with Crippen molar-refractivity contribution < 1.29 is 74.7 Å². The van der Waals surface area contributed by atoms with Crippen molar-refractivity contribution in [3.8, 4) is 0 Å². The SMILES string of the molecule is OC[C@H]1O[C@H](O[C@H]2[C@H](O)[C@@H](O)C(O)O[C@@H]2CO)[C@H](O)[C@@H](O)[C@@H]1O[C@H]1O[C@H](CBr)[C@@H](O)[C@H](O)[C@H]1O. The molecule has 0 aromatic heterocycles. The predicted molar refractivity (Wildman–Crippen MR) is 108 cm³/mol. The van der Waals surface area contributed by atoms with Crippen LogP contribution >= 0.6 is 15.9 Å². The molecule has 0 aromatic rings. The van der Waals surface area contributed by atoms with Gasteiger partial charge in [0.25, 0.3) is 0 Å². The van der Waals surface area contributed by atoms with Crippen LogP contribution in [0.1, 0.15) is 0 Å². The lowest BCUT2D eigenvalue weighted by molar-refractivity contribution is -0.376. The Bertz CT molecular complexity index is 640. The quantitative estimate of drug-likeness (QED) is 0.129. The van der Waals surface area contributed by atoms with Crippen LogP contribution in [0, 0.1) is 0 Å². The van der Waals surface area contributed by atoms with Crippen LogP contribution in [0.4, 0.5) is 0 Å². The van der Waals surface area contributed by atoms with Crippen LogP contribution < -0.4 is 0 Å². The van der Waals surface area contributed by atoms with E-state index in [-0.39, 0.29) is 5.33 Å². The van der Waals surface area contributed by atoms with Crippen molar-refractivity contribution in [2.24, 2.45) is 0 Å². The highest BCUT2D eigenvalue weighted by Crippen LogP contribution is 2.32. The van der Waals surface area contributed by atoms with Crippen molar-refractivity contribution >= 4 is 15.9 Å². The molecule has 3 heterocycles. The van der Waals surface area contributed by atoms with Crippen molar-refractivity contribution in [2.75, 3.05) is 18.5 Å². The standard InChI is InChI=1S/C18H31BrO15/c19-1-4-7(22)8(23)12(27)17(31-4)34-15-6(3-21)32-18(13(28)10(15)25)33-14-5(2-20)30-16(29)11(26)9(14)24/h4-18,20-29H,1-3H2/t4-,5-,6-,7-,8+,9-,10-,11-,12-,13-,14-,15-,16?,17-,18-/m1/s1. The van der Waals surface area contributed by atoms with E-state index in [4.69, 9.17) is 23.7 Å². The zero-order chi connectivity index (χ0) is 25.3. The van der Waals surface area contributed by atoms with Gasteiger partial charge in [-0.15, -0.1) is 0 Å². The Morgan fingerprint density at radius 2 is 0.971 bits per heavy atom. The lowest BCUT2D eigenvalue weighted by atomic mass is 9.96. The third kappa shape index (κ3) is 5.57. The van der Waals surface area contributed by atoms with Gasteiger partial charge in [-0.05, 0) is 0 Å². The number of alkyl halides is 1. The molecule has 34 heavy (non-hydrogen) atoms. The first-order valence-electron chi connectivity index (χ1n) is 10.5. The summed E-state index contributed by atoms with van der Waals surface area (Å²) in [5, 5.41) is 100. The van der Waals surface area contributed by atoms with Crippen LogP contribution in [-0.2, 0) is 23.7 Å². The van der Waals surface area contributed by atoms with Gasteiger partial charge in [0.15, 0.2) is 18.9 Å². The maximum atomic E-state index is 10.6. The molecule has 0 amide bonds. The van der Waals surface area contributed by atoms with Gasteiger partial charge in [-0.1, -0.05) is 15.9 Å². The first-order valence-corrected chi connectivity index (χ1v) is 11.7. The molecule has 3 aliphatic heterocycles. The minimum absolute atomic E-state index is 0.0713. The van der Waals surface area contributed by atoms with Crippen molar-refractivity contribution in [2.45, 2.75) is 92.1 Å². The van der Waals surface area contributed by atoms with E-state index in [9.17, 15) is 51.1 Å². The minimum Gasteiger partial charge on any atom is -0.394 e. The topological polar surface area (TPSA) is 248 Å². The average molecular weight is 567 g/mol. The smallest absolute Gasteiger partial charge is 0.187 e. The highest BCUT2D eigenvalue weighted by atomic mass is 79.9. The summed E-state index contributed by atoms with van der Waals surface area (Å²) in [6.45, 7) is -1.52. The van der Waals surface area contributed by atoms with E-state index in [2.05, 4.69) is 15.9 Å². The minimum atomic E-state index is -1.87. The summed E-state index contributed by atoms with van der Waals surface area (Å²) >= 11 is 3.09. The molecule has 15 nitrogen and oxygen atoms in total. The number of halogens is 1. The molecular weight excluding hydrogens is 536 g/mol. The fraction of sp³-hybridized carbons (Fsp3) is 1.00. The van der Waals surface area contributed by atoms with E-state index < -0.39 is 105 Å². The van der Waals surface area contributed by atoms with Gasteiger partial charge in [0, 0.05) is 5.33 Å². The Morgan fingerprint density at radius 1 is 0.529 bits per heavy atom. The Labute approximate surface area is 201 Å². The second kappa shape index (κ2) is 12.0. The van der Waals surface area contributed by atoms with Gasteiger partial charge in [-0.3, -0.25) is 0 Å². The average Bonchev–Trinajstić information content (AvgIpc) is 2.83. The van der Waals surface area contributed by atoms with Crippen molar-refractivity contribution in [3.63, 3.8) is 0 Å². The molecule has 3 rings (SSSR count). The van der Waals surface area contributed by atoms with Crippen LogP contribution in [0.3, 0.4) is 0 Å². The van der Waals surface area contributed by atoms with Crippen molar-refractivity contribution in [3.05, 3.63) is 0 Å². The largest absolute Gasteiger partial charge is 0.394 e. The molecule has 0 aromatic carbocycles. The number of hydrogen-bond donors (Lipinski definition) is 10. The molecule has 0 aliphatic carbocycles. The zero-order valence-corrected chi connectivity index (χ0v) is 19.3. The number of hydrogen-bond acceptors (Lipinski definition) is 15. The van der Waals surface area contributed by atoms with E-state index >= 15 is 0 Å². The highest BCUT2D eigenvalue weighted by Gasteiger charge is 2.53. The molecule has 1 unspecified atom stereocenters. The van der Waals surface area contributed by atoms with Crippen molar-refractivity contribution in [1.29, 1.82) is 0 Å². The fourth-order valence-electron chi connectivity index (χ4n) is 4.03. The first-order chi connectivity index (χ1) is 16.0. The molecule has 0 saturated carbocycles. The van der Waals surface area contributed by atoms with Gasteiger partial charge in [-0.25, -0.2) is 0 Å². The van der Waals surface area contributed by atoms with Gasteiger partial charge in [0.1, 0.15) is 67.1 Å². The monoisotopic (exact) mass is 566 g/mol. The van der Waals surface area contributed by atoms with E-state index in [1.807, 2.05) is 0 Å². The molecule has 0 bridgehead atoms. The van der Waals surface area contributed by atoms with Gasteiger partial charge >= 0.3 is 0 Å². The van der Waals surface area contributed by atoms with Crippen molar-refractivity contribution in [1.82, 2.24) is 0 Å². The fourth-order valence-corrected chi connectivity index (χ4v) is 4.57. The van der Waals surface area contributed by atoms with E-state index in [0.717, 1.165) is 0 Å². The predicted octanol–water partition coefficient (Wildman–Crippen LogP) is -6.17. The molecule has 200 valence electrons. The molecule has 10 N–H and O–H groups in total. The molecular formula is C18H31BrO15. The van der Waals surface area contributed by atoms with Gasteiger partial charge in [-0.2, -0.15) is 0 Å². The van der Waals surface area contributed by atoms with E-state index in [1.165, 1.54) is 0 Å². The van der Waals surface area contributed by atoms with E-state index in [0.29, 0.717) is 0 Å². The third-order valence-corrected chi connectivity index (χ3v) is 6.70. The number of ether oxygens (including phenoxy) is 5. The Kier molecular flexibility index (Phi) is 10.0. The summed E-state index contributed by atoms with van der Waals surface area (Å²) in [6.07, 6.45) is -23.9. The Morgan fingerprint density at radius 3 is 1.47 bits per heavy atom. The third-order valence-electron chi connectivity index (χ3n) is 6.06. The number of rotatable bonds is 7. The molecule has 3 fully saturated rings. The summed E-state index contributed by atoms with van der Waals surface area (Å²) < 4.78 is 26.8. The normalized spacial score (nSPS) is 52.5. The molecule has 15 atom stereocenters. The van der Waals surface area contributed by atoms with Crippen LogP contribution in [0.15, 0.2) is 0 Å². The van der Waals surface area contributed by atoms with Gasteiger partial charge in [0.2, 0.25) is 0 Å². The maximum absolute atomic E-state index is 10.6. The summed E-state index contributed by atoms with van der Waals surface area (Å²) in [6, 6.07) is 0. The summed E-state index contributed by atoms with van der Waals surface area (Å²) in [4.78, 5) is 0. The summed E-state index contributed by atoms with van der Waals surface area (Å²) in [7, 11) is 0. The molecule has 3 aliphatic rings. The lowest BCUT2D eigenvalue weighted by Gasteiger charge is -2.47. The number of aliphatic hydroxyl groups excluding tert-OH is 10. The summed E-state index contributed by atoms with van der Waals surface area (Å²) in [5.41, 5.74) is 0. The van der Waals surface area contributed by atoms with Crippen LogP contribution in [0.2, 0.25) is 0 Å². The van der Waals surface area contributed by atoms with Gasteiger partial charge < -0.3 is 74.7 Å². The Balaban J connectivity index is 1.72. The first kappa shape index (κ1) is 28.5. The van der Waals surface area contributed by atoms with E-state index in [1.54, 1.807) is 0 Å². The second-order valence-corrected chi connectivity index (χ2v) is 8.95. The van der Waals surface area contributed by atoms with Crippen LogP contribution in [0.5, 0.6) is 0 Å². The molecule has 0 radical (unpaired) electrons. The second-order valence-electron chi connectivity index (χ2n) is 8.31. The molecule has 0 spiro atoms. The lowest BCUT2D eigenvalue weighted by Crippen LogP contribution is -2.66. The molecule has 16 heteroatoms. The summed E-state index contributed by atoms with van der Waals surface area (Å²) in [5.74, 6) is 0. The Hall–Kier alpha value is -0.120. The maximum Gasteiger partial charge on any atom is 0.187 e. The van der Waals surface area contributed by atoms with Crippen LogP contribution in [0.25, 0.3) is 0 Å². The molecule has 3 saturated heterocycles. The number of aliphatic hydroxyl groups is 10.